The molecule has 6 heteroatoms. The van der Waals surface area contributed by atoms with Crippen LogP contribution >= 0.6 is 27.3 Å². The van der Waals surface area contributed by atoms with Gasteiger partial charge in [-0.1, -0.05) is 0 Å². The maximum Gasteiger partial charge on any atom is 0.180 e. The Kier molecular flexibility index (Phi) is 3.77. The zero-order chi connectivity index (χ0) is 13.3. The van der Waals surface area contributed by atoms with Gasteiger partial charge in [-0.15, -0.1) is 11.3 Å². The fourth-order valence-electron chi connectivity index (χ4n) is 1.66. The lowest BCUT2D eigenvalue weighted by Gasteiger charge is -1.97. The van der Waals surface area contributed by atoms with E-state index in [1.54, 1.807) is 30.9 Å². The Labute approximate surface area is 117 Å². The van der Waals surface area contributed by atoms with E-state index in [4.69, 9.17) is 0 Å². The molecule has 0 saturated carbocycles. The molecule has 0 saturated heterocycles. The highest BCUT2D eigenvalue weighted by Crippen LogP contribution is 2.21. The predicted octanol–water partition coefficient (Wildman–Crippen LogP) is 3.01. The first-order valence-corrected chi connectivity index (χ1v) is 6.95. The number of rotatable bonds is 4. The summed E-state index contributed by atoms with van der Waals surface area (Å²) in [6.07, 6.45) is 1.54. The Balaban J connectivity index is 2.13. The number of hydrogen-bond acceptors (Lipinski definition) is 4. The predicted molar refractivity (Wildman–Crippen MR) is 73.2 cm³/mol. The highest BCUT2D eigenvalue weighted by molar-refractivity contribution is 9.10. The molecule has 2 heterocycles. The molecule has 94 valence electrons. The molecule has 0 aliphatic carbocycles. The normalized spacial score (nSPS) is 10.6. The van der Waals surface area contributed by atoms with Gasteiger partial charge in [-0.05, 0) is 28.9 Å². The average Bonchev–Trinajstić information content (AvgIpc) is 2.84. The maximum atomic E-state index is 12.0. The third-order valence-electron chi connectivity index (χ3n) is 2.48. The summed E-state index contributed by atoms with van der Waals surface area (Å²) in [5.41, 5.74) is 1.17. The van der Waals surface area contributed by atoms with Crippen LogP contribution in [0.15, 0.2) is 22.1 Å². The van der Waals surface area contributed by atoms with E-state index in [1.165, 1.54) is 11.3 Å². The van der Waals surface area contributed by atoms with Crippen LogP contribution in [-0.2, 0) is 7.05 Å². The number of hydrogen-bond donors (Lipinski definition) is 0. The molecule has 0 amide bonds. The van der Waals surface area contributed by atoms with Crippen LogP contribution in [0.5, 0.6) is 0 Å². The summed E-state index contributed by atoms with van der Waals surface area (Å²) in [5, 5.41) is 5.92. The molecule has 0 spiro atoms. The van der Waals surface area contributed by atoms with Gasteiger partial charge in [-0.25, -0.2) is 0 Å². The third-order valence-corrected chi connectivity index (χ3v) is 4.21. The summed E-state index contributed by atoms with van der Waals surface area (Å²) in [4.78, 5) is 24.5. The monoisotopic (exact) mass is 326 g/mol. The van der Waals surface area contributed by atoms with Gasteiger partial charge in [0, 0.05) is 23.1 Å². The van der Waals surface area contributed by atoms with E-state index in [2.05, 4.69) is 21.0 Å². The molecular weight excluding hydrogens is 316 g/mol. The van der Waals surface area contributed by atoms with Gasteiger partial charge in [0.15, 0.2) is 11.6 Å². The molecule has 18 heavy (non-hydrogen) atoms. The summed E-state index contributed by atoms with van der Waals surface area (Å²) < 4.78 is 2.44. The minimum atomic E-state index is -0.185. The molecule has 0 N–H and O–H groups in total. The van der Waals surface area contributed by atoms with Crippen molar-refractivity contribution in [1.82, 2.24) is 9.78 Å². The fourth-order valence-corrected chi connectivity index (χ4v) is 3.03. The fraction of sp³-hybridized carbons (Fsp3) is 0.250. The zero-order valence-electron chi connectivity index (χ0n) is 9.94. The molecule has 0 aromatic carbocycles. The van der Waals surface area contributed by atoms with Gasteiger partial charge in [-0.3, -0.25) is 14.3 Å². The van der Waals surface area contributed by atoms with Crippen molar-refractivity contribution in [2.24, 2.45) is 7.05 Å². The second kappa shape index (κ2) is 5.16. The number of carbonyl (C=O) groups excluding carboxylic acids is 2. The lowest BCUT2D eigenvalue weighted by Crippen LogP contribution is -2.07. The van der Waals surface area contributed by atoms with Crippen molar-refractivity contribution in [1.29, 1.82) is 0 Å². The van der Waals surface area contributed by atoms with Gasteiger partial charge in [0.1, 0.15) is 0 Å². The molecule has 2 aromatic heterocycles. The molecule has 4 nitrogen and oxygen atoms in total. The van der Waals surface area contributed by atoms with Crippen LogP contribution in [0.1, 0.15) is 32.1 Å². The van der Waals surface area contributed by atoms with E-state index in [0.717, 1.165) is 4.47 Å². The van der Waals surface area contributed by atoms with Gasteiger partial charge in [0.25, 0.3) is 0 Å². The second-order valence-electron chi connectivity index (χ2n) is 3.95. The third kappa shape index (κ3) is 2.76. The van der Waals surface area contributed by atoms with Gasteiger partial charge >= 0.3 is 0 Å². The number of aromatic nitrogens is 2. The van der Waals surface area contributed by atoms with Crippen molar-refractivity contribution in [2.75, 3.05) is 0 Å². The van der Waals surface area contributed by atoms with Crippen molar-refractivity contribution in [3.8, 4) is 0 Å². The van der Waals surface area contributed by atoms with Crippen LogP contribution in [0.2, 0.25) is 0 Å². The number of halogens is 1. The molecule has 2 aromatic rings. The summed E-state index contributed by atoms with van der Waals surface area (Å²) >= 11 is 4.62. The molecule has 0 atom stereocenters. The smallest absolute Gasteiger partial charge is 0.180 e. The Bertz CT molecular complexity index is 615. The first kappa shape index (κ1) is 13.2. The first-order chi connectivity index (χ1) is 8.47. The van der Waals surface area contributed by atoms with Crippen LogP contribution in [0.4, 0.5) is 0 Å². The Morgan fingerprint density at radius 3 is 2.67 bits per heavy atom. The minimum absolute atomic E-state index is 0.112. The highest BCUT2D eigenvalue weighted by Gasteiger charge is 2.18. The van der Waals surface area contributed by atoms with Gasteiger partial charge in [0.2, 0.25) is 0 Å². The van der Waals surface area contributed by atoms with Crippen molar-refractivity contribution < 1.29 is 9.59 Å². The summed E-state index contributed by atoms with van der Waals surface area (Å²) in [7, 11) is 1.75. The summed E-state index contributed by atoms with van der Waals surface area (Å²) in [5.74, 6) is -0.339. The molecule has 0 aliphatic heterocycles. The topological polar surface area (TPSA) is 52.0 Å². The molecule has 0 unspecified atom stereocenters. The minimum Gasteiger partial charge on any atom is -0.294 e. The van der Waals surface area contributed by atoms with E-state index < -0.39 is 0 Å². The Morgan fingerprint density at radius 2 is 2.17 bits per heavy atom. The first-order valence-electron chi connectivity index (χ1n) is 5.28. The number of Topliss-reactive ketones (excluding diaryl/α,β-unsaturated/α-hetero) is 2. The van der Waals surface area contributed by atoms with Crippen LogP contribution in [0.3, 0.4) is 0 Å². The molecular formula is C12H11BrN2O2S. The SMILES string of the molecule is Cc1nn(C)cc1C(=O)CC(=O)c1cc(Br)cs1. The second-order valence-corrected chi connectivity index (χ2v) is 5.78. The molecule has 0 aliphatic rings. The van der Waals surface area contributed by atoms with Crippen molar-refractivity contribution in [3.05, 3.63) is 38.3 Å². The van der Waals surface area contributed by atoms with Crippen LogP contribution in [0.25, 0.3) is 0 Å². The van der Waals surface area contributed by atoms with Gasteiger partial charge in [-0.2, -0.15) is 5.10 Å². The quantitative estimate of drug-likeness (QED) is 0.641. The van der Waals surface area contributed by atoms with Crippen molar-refractivity contribution >= 4 is 38.8 Å². The molecule has 0 fully saturated rings. The van der Waals surface area contributed by atoms with Crippen LogP contribution in [-0.4, -0.2) is 21.3 Å². The lowest BCUT2D eigenvalue weighted by atomic mass is 10.1. The highest BCUT2D eigenvalue weighted by atomic mass is 79.9. The van der Waals surface area contributed by atoms with Crippen molar-refractivity contribution in [2.45, 2.75) is 13.3 Å². The number of aryl methyl sites for hydroxylation is 2. The van der Waals surface area contributed by atoms with Gasteiger partial charge in [0.05, 0.1) is 22.6 Å². The van der Waals surface area contributed by atoms with E-state index >= 15 is 0 Å². The Morgan fingerprint density at radius 1 is 1.44 bits per heavy atom. The zero-order valence-corrected chi connectivity index (χ0v) is 12.3. The number of ketones is 2. The number of nitrogens with zero attached hydrogens (tertiary/aromatic N) is 2. The molecule has 0 radical (unpaired) electrons. The van der Waals surface area contributed by atoms with E-state index in [9.17, 15) is 9.59 Å². The lowest BCUT2D eigenvalue weighted by molar-refractivity contribution is 0.0896. The van der Waals surface area contributed by atoms with E-state index in [1.807, 2.05) is 5.38 Å². The largest absolute Gasteiger partial charge is 0.294 e. The summed E-state index contributed by atoms with van der Waals surface area (Å²) in [6.45, 7) is 1.76. The van der Waals surface area contributed by atoms with Crippen LogP contribution < -0.4 is 0 Å². The Hall–Kier alpha value is -1.27. The van der Waals surface area contributed by atoms with E-state index in [-0.39, 0.29) is 18.0 Å². The molecule has 0 bridgehead atoms. The van der Waals surface area contributed by atoms with Crippen LogP contribution in [0, 0.1) is 6.92 Å². The number of carbonyl (C=O) groups is 2. The molecule has 2 rings (SSSR count). The number of thiophene rings is 1. The average molecular weight is 327 g/mol. The van der Waals surface area contributed by atoms with Gasteiger partial charge < -0.3 is 0 Å². The maximum absolute atomic E-state index is 12.0. The van der Waals surface area contributed by atoms with E-state index in [0.29, 0.717) is 16.1 Å². The standard InChI is InChI=1S/C12H11BrN2O2S/c1-7-9(5-15(2)14-7)10(16)4-11(17)12-3-8(13)6-18-12/h3,5-6H,4H2,1-2H3. The van der Waals surface area contributed by atoms with Crippen molar-refractivity contribution in [3.63, 3.8) is 0 Å². The summed E-state index contributed by atoms with van der Waals surface area (Å²) in [6, 6.07) is 1.73.